The monoisotopic (exact) mass is 631 g/mol. The zero-order valence-electron chi connectivity index (χ0n) is 28.6. The van der Waals surface area contributed by atoms with Crippen molar-refractivity contribution in [2.45, 2.75) is 45.4 Å². The molecule has 1 aromatic heterocycles. The Labute approximate surface area is 287 Å². The molecule has 0 fully saturated rings. The first-order chi connectivity index (χ1) is 23.7. The molecule has 0 radical (unpaired) electrons. The smallest absolute Gasteiger partial charge is 0.159 e. The Bertz CT molecular complexity index is 2690. The van der Waals surface area contributed by atoms with Crippen LogP contribution in [-0.2, 0) is 10.8 Å². The van der Waals surface area contributed by atoms with Gasteiger partial charge in [-0.15, -0.1) is 0 Å². The van der Waals surface area contributed by atoms with Crippen LogP contribution in [0.5, 0.6) is 0 Å². The minimum absolute atomic E-state index is 0.0966. The highest BCUT2D eigenvalue weighted by molar-refractivity contribution is 6.10. The van der Waals surface area contributed by atoms with Crippen LogP contribution >= 0.6 is 0 Å². The van der Waals surface area contributed by atoms with Crippen LogP contribution in [-0.4, -0.2) is 0 Å². The highest BCUT2D eigenvalue weighted by atomic mass is 16.3. The van der Waals surface area contributed by atoms with Crippen molar-refractivity contribution in [1.82, 2.24) is 0 Å². The molecule has 8 aromatic rings. The quantitative estimate of drug-likeness (QED) is 0.193. The molecular weight excluding hydrogens is 595 g/mol. The molecule has 0 unspecified atom stereocenters. The van der Waals surface area contributed by atoms with Gasteiger partial charge in [0, 0.05) is 33.0 Å². The maximum Gasteiger partial charge on any atom is 0.159 e. The molecule has 49 heavy (non-hydrogen) atoms. The van der Waals surface area contributed by atoms with Crippen molar-refractivity contribution >= 4 is 49.8 Å². The van der Waals surface area contributed by atoms with Gasteiger partial charge in [0.05, 0.1) is 5.69 Å². The van der Waals surface area contributed by atoms with Crippen LogP contribution in [0.1, 0.15) is 55.5 Å². The molecular formula is C47H37NO. The second-order valence-electron chi connectivity index (χ2n) is 15.1. The van der Waals surface area contributed by atoms with Crippen LogP contribution in [0.25, 0.3) is 55.0 Å². The van der Waals surface area contributed by atoms with Crippen molar-refractivity contribution in [3.8, 4) is 22.3 Å². The van der Waals surface area contributed by atoms with E-state index in [0.29, 0.717) is 0 Å². The molecule has 0 saturated heterocycles. The fourth-order valence-electron chi connectivity index (χ4n) is 9.05. The lowest BCUT2D eigenvalue weighted by Crippen LogP contribution is -2.17. The third-order valence-corrected chi connectivity index (χ3v) is 11.5. The average molecular weight is 632 g/mol. The summed E-state index contributed by atoms with van der Waals surface area (Å²) in [6.07, 6.45) is 0. The summed E-state index contributed by atoms with van der Waals surface area (Å²) < 4.78 is 6.60. The van der Waals surface area contributed by atoms with E-state index in [-0.39, 0.29) is 10.8 Å². The van der Waals surface area contributed by atoms with Crippen molar-refractivity contribution in [2.75, 3.05) is 4.90 Å². The molecule has 1 heterocycles. The summed E-state index contributed by atoms with van der Waals surface area (Å²) in [4.78, 5) is 2.38. The van der Waals surface area contributed by atoms with Crippen molar-refractivity contribution in [2.24, 2.45) is 0 Å². The van der Waals surface area contributed by atoms with E-state index >= 15 is 0 Å². The first kappa shape index (κ1) is 28.4. The Balaban J connectivity index is 1.17. The van der Waals surface area contributed by atoms with Crippen molar-refractivity contribution < 1.29 is 4.42 Å². The van der Waals surface area contributed by atoms with Gasteiger partial charge in [-0.2, -0.15) is 0 Å². The van der Waals surface area contributed by atoms with Crippen molar-refractivity contribution in [3.05, 3.63) is 161 Å². The molecule has 2 aliphatic carbocycles. The van der Waals surface area contributed by atoms with Crippen molar-refractivity contribution in [1.29, 1.82) is 0 Å². The molecule has 236 valence electrons. The van der Waals surface area contributed by atoms with Gasteiger partial charge in [0.2, 0.25) is 0 Å². The van der Waals surface area contributed by atoms with E-state index < -0.39 is 0 Å². The highest BCUT2D eigenvalue weighted by Gasteiger charge is 2.42. The second kappa shape index (κ2) is 9.74. The molecule has 0 N–H and O–H groups in total. The Hall–Kier alpha value is -5.60. The van der Waals surface area contributed by atoms with E-state index in [2.05, 4.69) is 167 Å². The minimum atomic E-state index is -0.177. The first-order valence-corrected chi connectivity index (χ1v) is 17.4. The van der Waals surface area contributed by atoms with E-state index in [1.807, 2.05) is 6.07 Å². The van der Waals surface area contributed by atoms with Gasteiger partial charge in [-0.3, -0.25) is 0 Å². The minimum Gasteiger partial charge on any atom is -0.454 e. The van der Waals surface area contributed by atoms with Crippen LogP contribution in [0.4, 0.5) is 17.1 Å². The molecule has 7 aromatic carbocycles. The molecule has 0 amide bonds. The summed E-state index contributed by atoms with van der Waals surface area (Å²) in [5.74, 6) is 0. The van der Waals surface area contributed by atoms with Gasteiger partial charge in [-0.05, 0) is 116 Å². The van der Waals surface area contributed by atoms with Crippen LogP contribution in [0, 0.1) is 6.92 Å². The summed E-state index contributed by atoms with van der Waals surface area (Å²) in [6, 6.07) is 49.2. The van der Waals surface area contributed by atoms with Crippen LogP contribution < -0.4 is 4.90 Å². The largest absolute Gasteiger partial charge is 0.454 e. The Morgan fingerprint density at radius 2 is 1.14 bits per heavy atom. The van der Waals surface area contributed by atoms with E-state index in [1.54, 1.807) is 0 Å². The van der Waals surface area contributed by atoms with Crippen molar-refractivity contribution in [3.63, 3.8) is 0 Å². The lowest BCUT2D eigenvalue weighted by molar-refractivity contribution is 0.654. The van der Waals surface area contributed by atoms with E-state index in [4.69, 9.17) is 4.42 Å². The summed E-state index contributed by atoms with van der Waals surface area (Å²) in [5.41, 5.74) is 17.1. The number of aryl methyl sites for hydroxylation is 1. The highest BCUT2D eigenvalue weighted by Crippen LogP contribution is 2.58. The maximum atomic E-state index is 6.60. The number of benzene rings is 7. The maximum absolute atomic E-state index is 6.60. The van der Waals surface area contributed by atoms with Gasteiger partial charge < -0.3 is 9.32 Å². The molecule has 2 heteroatoms. The normalized spacial score (nSPS) is 15.0. The van der Waals surface area contributed by atoms with E-state index in [1.165, 1.54) is 60.8 Å². The van der Waals surface area contributed by atoms with Gasteiger partial charge >= 0.3 is 0 Å². The van der Waals surface area contributed by atoms with E-state index in [0.717, 1.165) is 39.0 Å². The third-order valence-electron chi connectivity index (χ3n) is 11.5. The standard InChI is InChI=1S/C47H37NO/c1-28-12-10-14-30(24-28)48(42-18-11-17-36-34-16-8-9-19-43(34)49-45(36)42)31-21-23-33-37-26-41-38(27-40(37)46(2,3)39(33)25-31)35-22-20-29-13-6-7-15-32(29)44(35)47(41,4)5/h6-27H,1-5H3. The zero-order valence-corrected chi connectivity index (χ0v) is 28.6. The number of anilines is 3. The second-order valence-corrected chi connectivity index (χ2v) is 15.1. The summed E-state index contributed by atoms with van der Waals surface area (Å²) >= 11 is 0. The number of rotatable bonds is 3. The van der Waals surface area contributed by atoms with Gasteiger partial charge in [-0.1, -0.05) is 113 Å². The van der Waals surface area contributed by atoms with Gasteiger partial charge in [0.1, 0.15) is 5.58 Å². The topological polar surface area (TPSA) is 16.4 Å². The molecule has 0 atom stereocenters. The average Bonchev–Trinajstić information content (AvgIpc) is 3.68. The summed E-state index contributed by atoms with van der Waals surface area (Å²) in [5, 5.41) is 4.94. The fourth-order valence-corrected chi connectivity index (χ4v) is 9.05. The molecule has 0 bridgehead atoms. The summed E-state index contributed by atoms with van der Waals surface area (Å²) in [7, 11) is 0. The molecule has 2 aliphatic rings. The number of nitrogens with zero attached hydrogens (tertiary/aromatic N) is 1. The van der Waals surface area contributed by atoms with E-state index in [9.17, 15) is 0 Å². The van der Waals surface area contributed by atoms with Crippen LogP contribution in [0.2, 0.25) is 0 Å². The predicted octanol–water partition coefficient (Wildman–Crippen LogP) is 13.1. The Morgan fingerprint density at radius 1 is 0.490 bits per heavy atom. The number of furan rings is 1. The predicted molar refractivity (Wildman–Crippen MR) is 206 cm³/mol. The first-order valence-electron chi connectivity index (χ1n) is 17.4. The third kappa shape index (κ3) is 3.83. The lowest BCUT2D eigenvalue weighted by atomic mass is 9.78. The lowest BCUT2D eigenvalue weighted by Gasteiger charge is -2.28. The molecule has 0 saturated carbocycles. The number of fused-ring (bicyclic) bond motifs is 11. The number of para-hydroxylation sites is 2. The Kier molecular flexibility index (Phi) is 5.65. The molecule has 10 rings (SSSR count). The molecule has 0 spiro atoms. The fraction of sp³-hybridized carbons (Fsp3) is 0.149. The summed E-state index contributed by atoms with van der Waals surface area (Å²) in [6.45, 7) is 11.8. The van der Waals surface area contributed by atoms with Crippen LogP contribution in [0.3, 0.4) is 0 Å². The Morgan fingerprint density at radius 3 is 1.98 bits per heavy atom. The SMILES string of the molecule is Cc1cccc(N(c2ccc3c(c2)C(C)(C)c2cc4c(cc2-3)C(C)(C)c2c-4ccc3ccccc23)c2cccc3c2oc2ccccc23)c1. The van der Waals surface area contributed by atoms with Gasteiger partial charge in [0.25, 0.3) is 0 Å². The van der Waals surface area contributed by atoms with Gasteiger partial charge in [-0.25, -0.2) is 0 Å². The number of hydrogen-bond acceptors (Lipinski definition) is 2. The number of hydrogen-bond donors (Lipinski definition) is 0. The van der Waals surface area contributed by atoms with Gasteiger partial charge in [0.15, 0.2) is 5.58 Å². The molecule has 2 nitrogen and oxygen atoms in total. The zero-order chi connectivity index (χ0) is 33.2. The molecule has 0 aliphatic heterocycles. The van der Waals surface area contributed by atoms with Crippen LogP contribution in [0.15, 0.2) is 138 Å².